The summed E-state index contributed by atoms with van der Waals surface area (Å²) in [6.07, 6.45) is 2.82. The summed E-state index contributed by atoms with van der Waals surface area (Å²) in [4.78, 5) is 2.35. The van der Waals surface area contributed by atoms with Crippen LogP contribution in [0.25, 0.3) is 21.9 Å². The quantitative estimate of drug-likeness (QED) is 0.204. The third kappa shape index (κ3) is 3.80. The Morgan fingerprint density at radius 2 is 1.25 bits per heavy atom. The summed E-state index contributed by atoms with van der Waals surface area (Å²) in [5.41, 5.74) is 8.59. The molecule has 7 rings (SSSR count). The summed E-state index contributed by atoms with van der Waals surface area (Å²) in [5, 5.41) is 2.44. The first-order chi connectivity index (χ1) is 17.6. The van der Waals surface area contributed by atoms with Crippen LogP contribution in [0, 0.1) is 0 Å². The number of anilines is 3. The van der Waals surface area contributed by atoms with Crippen LogP contribution in [0.2, 0.25) is 0 Å². The second kappa shape index (κ2) is 8.88. The molecule has 2 aliphatic heterocycles. The first-order valence-electron chi connectivity index (χ1n) is 12.3. The third-order valence-corrected chi connectivity index (χ3v) is 8.44. The molecule has 0 aromatic heterocycles. The molecule has 4 heteroatoms. The Kier molecular flexibility index (Phi) is 5.50. The van der Waals surface area contributed by atoms with Gasteiger partial charge in [-0.25, -0.2) is 0 Å². The Morgan fingerprint density at radius 1 is 0.611 bits per heavy atom. The summed E-state index contributed by atoms with van der Waals surface area (Å²) < 4.78 is 8.31. The Balaban J connectivity index is 1.44. The molecule has 0 saturated carbocycles. The van der Waals surface area contributed by atoms with E-state index in [1.807, 2.05) is 0 Å². The summed E-state index contributed by atoms with van der Waals surface area (Å²) in [6, 6.07) is 37.3. The van der Waals surface area contributed by atoms with Gasteiger partial charge in [0.2, 0.25) is 0 Å². The van der Waals surface area contributed by atoms with Crippen molar-refractivity contribution in [2.75, 3.05) is 4.90 Å². The fraction of sp³-hybridized carbons (Fsp3) is 0.125. The molecule has 1 fully saturated rings. The molecule has 2 aliphatic rings. The van der Waals surface area contributed by atoms with Crippen LogP contribution in [0.1, 0.15) is 36.2 Å². The maximum absolute atomic E-state index is 6.18. The topological polar surface area (TPSA) is 12.5 Å². The van der Waals surface area contributed by atoms with Crippen molar-refractivity contribution >= 4 is 59.7 Å². The predicted octanol–water partition coefficient (Wildman–Crippen LogP) is 10.4. The highest BCUT2D eigenvalue weighted by atomic mass is 79.9. The van der Waals surface area contributed by atoms with Crippen LogP contribution in [0.15, 0.2) is 112 Å². The molecule has 2 atom stereocenters. The number of nitrogens with zero attached hydrogens (tertiary/aromatic N) is 1. The normalized spacial score (nSPS) is 17.9. The van der Waals surface area contributed by atoms with Gasteiger partial charge < -0.3 is 9.64 Å². The highest BCUT2D eigenvalue weighted by Crippen LogP contribution is 2.51. The number of fused-ring (bicyclic) bond motifs is 6. The molecular formula is C32H23Br2NO. The van der Waals surface area contributed by atoms with E-state index in [2.05, 4.69) is 140 Å². The number of hydrogen-bond acceptors (Lipinski definition) is 2. The molecular weight excluding hydrogens is 574 g/mol. The average Bonchev–Trinajstić information content (AvgIpc) is 3.54. The van der Waals surface area contributed by atoms with E-state index < -0.39 is 0 Å². The van der Waals surface area contributed by atoms with Crippen molar-refractivity contribution in [3.63, 3.8) is 0 Å². The number of halogens is 2. The molecule has 2 nitrogen and oxygen atoms in total. The van der Waals surface area contributed by atoms with Crippen molar-refractivity contribution in [1.82, 2.24) is 0 Å². The largest absolute Gasteiger partial charge is 0.366 e. The van der Waals surface area contributed by atoms with Gasteiger partial charge in [-0.3, -0.25) is 0 Å². The molecule has 2 unspecified atom stereocenters. The van der Waals surface area contributed by atoms with E-state index in [9.17, 15) is 0 Å². The Morgan fingerprint density at radius 3 is 1.94 bits per heavy atom. The summed E-state index contributed by atoms with van der Waals surface area (Å²) in [6.45, 7) is 0. The molecule has 1 saturated heterocycles. The van der Waals surface area contributed by atoms with Crippen LogP contribution in [0.5, 0.6) is 0 Å². The van der Waals surface area contributed by atoms with E-state index in [1.165, 1.54) is 33.0 Å². The van der Waals surface area contributed by atoms with E-state index in [4.69, 9.17) is 4.74 Å². The van der Waals surface area contributed by atoms with Gasteiger partial charge in [0.15, 0.2) is 0 Å². The number of rotatable bonds is 4. The zero-order valence-electron chi connectivity index (χ0n) is 19.5. The number of hydrogen-bond donors (Lipinski definition) is 0. The van der Waals surface area contributed by atoms with Crippen molar-refractivity contribution in [3.05, 3.63) is 123 Å². The monoisotopic (exact) mass is 595 g/mol. The van der Waals surface area contributed by atoms with Gasteiger partial charge in [-0.15, -0.1) is 0 Å². The second-order valence-corrected chi connectivity index (χ2v) is 11.4. The molecule has 0 radical (unpaired) electrons. The van der Waals surface area contributed by atoms with Gasteiger partial charge in [-0.1, -0.05) is 68.3 Å². The first kappa shape index (κ1) is 22.3. The highest BCUT2D eigenvalue weighted by molar-refractivity contribution is 9.10. The minimum Gasteiger partial charge on any atom is -0.366 e. The minimum atomic E-state index is 0.256. The summed E-state index contributed by atoms with van der Waals surface area (Å²) in [5.74, 6) is 0. The molecule has 2 bridgehead atoms. The molecule has 0 N–H and O–H groups in total. The highest BCUT2D eigenvalue weighted by Gasteiger charge is 2.37. The van der Waals surface area contributed by atoms with Gasteiger partial charge in [0, 0.05) is 25.7 Å². The third-order valence-electron chi connectivity index (χ3n) is 7.38. The summed E-state index contributed by atoms with van der Waals surface area (Å²) in [7, 11) is 0. The van der Waals surface area contributed by atoms with E-state index in [0.29, 0.717) is 0 Å². The van der Waals surface area contributed by atoms with Gasteiger partial charge in [-0.2, -0.15) is 0 Å². The maximum atomic E-state index is 6.18. The Labute approximate surface area is 227 Å². The lowest BCUT2D eigenvalue weighted by Gasteiger charge is -2.28. The van der Waals surface area contributed by atoms with Crippen LogP contribution in [0.3, 0.4) is 0 Å². The molecule has 36 heavy (non-hydrogen) atoms. The lowest BCUT2D eigenvalue weighted by molar-refractivity contribution is 0.0717. The van der Waals surface area contributed by atoms with Gasteiger partial charge in [0.25, 0.3) is 0 Å². The smallest absolute Gasteiger partial charge is 0.0838 e. The van der Waals surface area contributed by atoms with Crippen molar-refractivity contribution in [2.45, 2.75) is 25.0 Å². The van der Waals surface area contributed by atoms with Crippen LogP contribution in [0.4, 0.5) is 17.1 Å². The van der Waals surface area contributed by atoms with Gasteiger partial charge in [-0.05, 0) is 107 Å². The van der Waals surface area contributed by atoms with Crippen LogP contribution < -0.4 is 4.90 Å². The molecule has 5 aromatic rings. The minimum absolute atomic E-state index is 0.256. The molecule has 0 aliphatic carbocycles. The Hall–Kier alpha value is -2.92. The van der Waals surface area contributed by atoms with Gasteiger partial charge in [0.05, 0.1) is 17.9 Å². The van der Waals surface area contributed by atoms with Crippen molar-refractivity contribution < 1.29 is 4.74 Å². The first-order valence-corrected chi connectivity index (χ1v) is 13.9. The number of ether oxygens (including phenoxy) is 1. The maximum Gasteiger partial charge on any atom is 0.0838 e. The van der Waals surface area contributed by atoms with Crippen molar-refractivity contribution in [2.24, 2.45) is 0 Å². The van der Waals surface area contributed by atoms with E-state index in [-0.39, 0.29) is 12.2 Å². The molecule has 2 heterocycles. The molecule has 0 spiro atoms. The lowest BCUT2D eigenvalue weighted by Crippen LogP contribution is -2.10. The number of benzene rings is 5. The van der Waals surface area contributed by atoms with E-state index >= 15 is 0 Å². The van der Waals surface area contributed by atoms with Crippen LogP contribution >= 0.6 is 31.9 Å². The van der Waals surface area contributed by atoms with Crippen molar-refractivity contribution in [3.8, 4) is 11.1 Å². The van der Waals surface area contributed by atoms with Gasteiger partial charge in [0.1, 0.15) is 0 Å². The Bertz CT molecular complexity index is 1550. The predicted molar refractivity (Wildman–Crippen MR) is 155 cm³/mol. The zero-order chi connectivity index (χ0) is 24.2. The fourth-order valence-corrected chi connectivity index (χ4v) is 6.20. The van der Waals surface area contributed by atoms with E-state index in [0.717, 1.165) is 38.8 Å². The summed E-state index contributed by atoms with van der Waals surface area (Å²) >= 11 is 7.20. The van der Waals surface area contributed by atoms with E-state index in [1.54, 1.807) is 0 Å². The SMILES string of the molecule is Brc1ccc(N(c2ccc(Br)cc2)c2cc(-c3ccc4c(c3)C3CCC4O3)cc3ccccc23)cc1. The second-order valence-electron chi connectivity index (χ2n) is 9.54. The molecule has 5 aromatic carbocycles. The molecule has 0 amide bonds. The molecule has 176 valence electrons. The van der Waals surface area contributed by atoms with Crippen LogP contribution in [-0.2, 0) is 4.74 Å². The van der Waals surface area contributed by atoms with Crippen LogP contribution in [-0.4, -0.2) is 0 Å². The zero-order valence-corrected chi connectivity index (χ0v) is 22.7. The van der Waals surface area contributed by atoms with Crippen molar-refractivity contribution in [1.29, 1.82) is 0 Å². The standard InChI is InChI=1S/C32H23Br2NO/c33-23-6-10-25(11-7-23)35(26-12-8-24(34)9-13-26)30-19-22(17-21-3-1-2-4-27(21)30)20-5-14-28-29(18-20)32-16-15-31(28)36-32/h1-14,17-19,31-32H,15-16H2. The van der Waals surface area contributed by atoms with Gasteiger partial charge >= 0.3 is 0 Å². The lowest BCUT2D eigenvalue weighted by atomic mass is 9.88. The fourth-order valence-electron chi connectivity index (χ4n) is 5.67. The average molecular weight is 597 g/mol.